The minimum atomic E-state index is -0.567. The van der Waals surface area contributed by atoms with Crippen molar-refractivity contribution < 1.29 is 4.42 Å². The second kappa shape index (κ2) is 13.3. The van der Waals surface area contributed by atoms with E-state index in [0.29, 0.717) is 17.6 Å². The molecule has 3 aromatic heterocycles. The van der Waals surface area contributed by atoms with E-state index in [-0.39, 0.29) is 0 Å². The van der Waals surface area contributed by atoms with Crippen molar-refractivity contribution in [3.8, 4) is 28.7 Å². The minimum Gasteiger partial charge on any atom is -0.456 e. The number of benzene rings is 8. The Labute approximate surface area is 329 Å². The third-order valence-corrected chi connectivity index (χ3v) is 11.2. The zero-order valence-corrected chi connectivity index (χ0v) is 30.8. The maximum absolute atomic E-state index is 6.33. The third kappa shape index (κ3) is 5.28. The van der Waals surface area contributed by atoms with Gasteiger partial charge in [-0.2, -0.15) is 9.97 Å². The molecule has 3 heterocycles. The number of hydrogen-bond donors (Lipinski definition) is 0. The first-order valence-electron chi connectivity index (χ1n) is 19.2. The molecule has 0 amide bonds. The first-order chi connectivity index (χ1) is 28.3. The van der Waals surface area contributed by atoms with Gasteiger partial charge in [0.05, 0.1) is 16.4 Å². The lowest BCUT2D eigenvalue weighted by Gasteiger charge is -2.37. The Balaban J connectivity index is 1.13. The molecule has 0 unspecified atom stereocenters. The molecule has 0 atom stereocenters. The maximum atomic E-state index is 6.33. The van der Waals surface area contributed by atoms with E-state index in [1.54, 1.807) is 0 Å². The van der Waals surface area contributed by atoms with Crippen molar-refractivity contribution in [2.75, 3.05) is 0 Å². The molecule has 0 aliphatic heterocycles. The highest BCUT2D eigenvalue weighted by Crippen LogP contribution is 2.45. The molecule has 0 saturated carbocycles. The van der Waals surface area contributed by atoms with E-state index in [1.807, 2.05) is 24.3 Å². The van der Waals surface area contributed by atoms with Gasteiger partial charge in [-0.3, -0.25) is 4.57 Å². The van der Waals surface area contributed by atoms with Gasteiger partial charge in [0.2, 0.25) is 5.95 Å². The second-order valence-corrected chi connectivity index (χ2v) is 14.4. The van der Waals surface area contributed by atoms with Crippen molar-refractivity contribution in [3.63, 3.8) is 0 Å². The summed E-state index contributed by atoms with van der Waals surface area (Å²) in [6.07, 6.45) is 0. The number of fused-ring (bicyclic) bond motifs is 6. The summed E-state index contributed by atoms with van der Waals surface area (Å²) in [5.41, 5.74) is 9.57. The van der Waals surface area contributed by atoms with Crippen LogP contribution in [0, 0.1) is 0 Å². The van der Waals surface area contributed by atoms with Gasteiger partial charge >= 0.3 is 0 Å². The molecule has 5 heteroatoms. The smallest absolute Gasteiger partial charge is 0.238 e. The monoisotopic (exact) mass is 730 g/mol. The van der Waals surface area contributed by atoms with Crippen LogP contribution in [-0.2, 0) is 5.41 Å². The van der Waals surface area contributed by atoms with E-state index in [1.165, 1.54) is 16.7 Å². The van der Waals surface area contributed by atoms with Gasteiger partial charge in [-0.15, -0.1) is 0 Å². The summed E-state index contributed by atoms with van der Waals surface area (Å²) >= 11 is 0. The first-order valence-corrected chi connectivity index (χ1v) is 19.2. The van der Waals surface area contributed by atoms with E-state index >= 15 is 0 Å². The standard InChI is InChI=1S/C52H34N4O/c1-4-16-37(17-5-1)52(38-18-6-2-7-19-38,39-20-8-3-9-21-39)40-31-28-35(29-32-40)49-53-50(36-30-33-44-43-24-12-15-27-47(43)57-48(44)34-36)55-51(54-49)56-45-25-13-10-22-41(45)42-23-11-14-26-46(42)56/h1-34H. The number of furan rings is 1. The van der Waals surface area contributed by atoms with Crippen LogP contribution in [0.3, 0.4) is 0 Å². The fourth-order valence-electron chi connectivity index (χ4n) is 8.66. The molecule has 0 bridgehead atoms. The van der Waals surface area contributed by atoms with Crippen LogP contribution < -0.4 is 0 Å². The van der Waals surface area contributed by atoms with Gasteiger partial charge < -0.3 is 4.42 Å². The van der Waals surface area contributed by atoms with Crippen LogP contribution in [0.1, 0.15) is 22.3 Å². The fraction of sp³-hybridized carbons (Fsp3) is 0.0192. The molecule has 5 nitrogen and oxygen atoms in total. The molecule has 8 aromatic carbocycles. The Hall–Kier alpha value is -7.63. The zero-order chi connectivity index (χ0) is 37.8. The Kier molecular flexibility index (Phi) is 7.64. The Morgan fingerprint density at radius 2 is 0.789 bits per heavy atom. The van der Waals surface area contributed by atoms with E-state index in [9.17, 15) is 0 Å². The van der Waals surface area contributed by atoms with Gasteiger partial charge in [-0.05, 0) is 52.6 Å². The molecule has 0 spiro atoms. The maximum Gasteiger partial charge on any atom is 0.238 e. The number of nitrogens with zero attached hydrogens (tertiary/aromatic N) is 4. The van der Waals surface area contributed by atoms with Crippen LogP contribution in [0.5, 0.6) is 0 Å². The molecular weight excluding hydrogens is 697 g/mol. The van der Waals surface area contributed by atoms with Gasteiger partial charge in [0.25, 0.3) is 0 Å². The van der Waals surface area contributed by atoms with E-state index in [0.717, 1.165) is 60.4 Å². The van der Waals surface area contributed by atoms with Crippen molar-refractivity contribution in [1.29, 1.82) is 0 Å². The van der Waals surface area contributed by atoms with Crippen LogP contribution in [0.2, 0.25) is 0 Å². The molecule has 0 radical (unpaired) electrons. The lowest BCUT2D eigenvalue weighted by atomic mass is 9.65. The minimum absolute atomic E-state index is 0.549. The largest absolute Gasteiger partial charge is 0.456 e. The molecule has 11 rings (SSSR count). The number of aromatic nitrogens is 4. The summed E-state index contributed by atoms with van der Waals surface area (Å²) in [6.45, 7) is 0. The highest BCUT2D eigenvalue weighted by molar-refractivity contribution is 6.09. The van der Waals surface area contributed by atoms with Crippen LogP contribution >= 0.6 is 0 Å². The average Bonchev–Trinajstić information content (AvgIpc) is 3.83. The molecule has 268 valence electrons. The number of hydrogen-bond acceptors (Lipinski definition) is 4. The SMILES string of the molecule is c1ccc(C(c2ccccc2)(c2ccccc2)c2ccc(-c3nc(-c4ccc5c(c4)oc4ccccc45)nc(-n4c5ccccc5c5ccccc54)n3)cc2)cc1. The molecule has 11 aromatic rings. The van der Waals surface area contributed by atoms with Crippen LogP contribution in [0.25, 0.3) is 72.5 Å². The number of para-hydroxylation sites is 3. The third-order valence-electron chi connectivity index (χ3n) is 11.2. The lowest BCUT2D eigenvalue weighted by Crippen LogP contribution is -2.30. The Morgan fingerprint density at radius 3 is 1.37 bits per heavy atom. The molecular formula is C52H34N4O. The summed E-state index contributed by atoms with van der Waals surface area (Å²) in [7, 11) is 0. The summed E-state index contributed by atoms with van der Waals surface area (Å²) < 4.78 is 8.48. The summed E-state index contributed by atoms with van der Waals surface area (Å²) in [5.74, 6) is 1.70. The van der Waals surface area contributed by atoms with Gasteiger partial charge in [0.15, 0.2) is 11.6 Å². The van der Waals surface area contributed by atoms with Gasteiger partial charge in [0.1, 0.15) is 11.2 Å². The van der Waals surface area contributed by atoms with Crippen molar-refractivity contribution in [1.82, 2.24) is 19.5 Å². The van der Waals surface area contributed by atoms with Crippen LogP contribution in [0.4, 0.5) is 0 Å². The highest BCUT2D eigenvalue weighted by atomic mass is 16.3. The quantitative estimate of drug-likeness (QED) is 0.153. The van der Waals surface area contributed by atoms with E-state index < -0.39 is 5.41 Å². The van der Waals surface area contributed by atoms with Crippen molar-refractivity contribution in [3.05, 3.63) is 229 Å². The average molecular weight is 731 g/mol. The van der Waals surface area contributed by atoms with Crippen LogP contribution in [0.15, 0.2) is 211 Å². The highest BCUT2D eigenvalue weighted by Gasteiger charge is 2.38. The van der Waals surface area contributed by atoms with Gasteiger partial charge in [0, 0.05) is 32.7 Å². The van der Waals surface area contributed by atoms with Gasteiger partial charge in [-0.25, -0.2) is 4.98 Å². The predicted octanol–water partition coefficient (Wildman–Crippen LogP) is 12.6. The molecule has 0 aliphatic carbocycles. The van der Waals surface area contributed by atoms with Crippen molar-refractivity contribution in [2.45, 2.75) is 5.41 Å². The van der Waals surface area contributed by atoms with E-state index in [2.05, 4.69) is 187 Å². The Morgan fingerprint density at radius 1 is 0.351 bits per heavy atom. The molecule has 57 heavy (non-hydrogen) atoms. The normalized spacial score (nSPS) is 11.9. The summed E-state index contributed by atoms with van der Waals surface area (Å²) in [6, 6.07) is 72.3. The summed E-state index contributed by atoms with van der Waals surface area (Å²) in [5, 5.41) is 4.42. The molecule has 0 N–H and O–H groups in total. The van der Waals surface area contributed by atoms with E-state index in [4.69, 9.17) is 19.4 Å². The van der Waals surface area contributed by atoms with Crippen molar-refractivity contribution in [2.24, 2.45) is 0 Å². The predicted molar refractivity (Wildman–Crippen MR) is 231 cm³/mol. The van der Waals surface area contributed by atoms with Crippen LogP contribution in [-0.4, -0.2) is 19.5 Å². The molecule has 0 aliphatic rings. The second-order valence-electron chi connectivity index (χ2n) is 14.4. The topological polar surface area (TPSA) is 56.7 Å². The lowest BCUT2D eigenvalue weighted by molar-refractivity contribution is 0.669. The molecule has 0 saturated heterocycles. The molecule has 0 fully saturated rings. The van der Waals surface area contributed by atoms with Crippen molar-refractivity contribution >= 4 is 43.7 Å². The summed E-state index contributed by atoms with van der Waals surface area (Å²) in [4.78, 5) is 15.7. The number of rotatable bonds is 7. The van der Waals surface area contributed by atoms with Gasteiger partial charge in [-0.1, -0.05) is 176 Å². The zero-order valence-electron chi connectivity index (χ0n) is 30.8. The first kappa shape index (κ1) is 32.8. The fourth-order valence-corrected chi connectivity index (χ4v) is 8.66. The Bertz CT molecular complexity index is 3070.